The van der Waals surface area contributed by atoms with Crippen molar-refractivity contribution < 1.29 is 5.11 Å². The third-order valence-corrected chi connectivity index (χ3v) is 2.79. The first-order chi connectivity index (χ1) is 7.70. The molecule has 1 aromatic rings. The second-order valence-electron chi connectivity index (χ2n) is 3.74. The van der Waals surface area contributed by atoms with E-state index in [1.165, 1.54) is 0 Å². The number of para-hydroxylation sites is 1. The van der Waals surface area contributed by atoms with Gasteiger partial charge in [0.05, 0.1) is 23.0 Å². The zero-order valence-electron chi connectivity index (χ0n) is 9.62. The molecule has 0 atom stereocenters. The molecule has 0 amide bonds. The van der Waals surface area contributed by atoms with Crippen molar-refractivity contribution in [2.75, 3.05) is 30.3 Å². The zero-order valence-corrected chi connectivity index (χ0v) is 10.4. The van der Waals surface area contributed by atoms with Crippen LogP contribution in [0.1, 0.15) is 19.8 Å². The smallest absolute Gasteiger partial charge is 0.0789 e. The molecule has 1 aromatic carbocycles. The van der Waals surface area contributed by atoms with Gasteiger partial charge in [-0.25, -0.2) is 0 Å². The molecule has 3 nitrogen and oxygen atoms in total. The van der Waals surface area contributed by atoms with Gasteiger partial charge in [-0.3, -0.25) is 0 Å². The van der Waals surface area contributed by atoms with E-state index in [9.17, 15) is 0 Å². The number of nitrogen functional groups attached to an aromatic ring is 1. The van der Waals surface area contributed by atoms with Crippen LogP contribution in [-0.4, -0.2) is 24.8 Å². The fraction of sp³-hybridized carbons (Fsp3) is 0.500. The molecule has 0 radical (unpaired) electrons. The maximum absolute atomic E-state index is 9.05. The molecule has 4 heteroatoms. The maximum Gasteiger partial charge on any atom is 0.0789 e. The van der Waals surface area contributed by atoms with Crippen molar-refractivity contribution in [1.29, 1.82) is 0 Å². The van der Waals surface area contributed by atoms with E-state index >= 15 is 0 Å². The van der Waals surface area contributed by atoms with Gasteiger partial charge in [0.1, 0.15) is 0 Å². The molecule has 0 fully saturated rings. The van der Waals surface area contributed by atoms with Crippen molar-refractivity contribution in [2.45, 2.75) is 19.8 Å². The number of nitrogens with zero attached hydrogens (tertiary/aromatic N) is 1. The third-order valence-electron chi connectivity index (χ3n) is 2.49. The number of hydrogen-bond donors (Lipinski definition) is 2. The van der Waals surface area contributed by atoms with Gasteiger partial charge in [0.15, 0.2) is 0 Å². The van der Waals surface area contributed by atoms with Crippen molar-refractivity contribution in [3.05, 3.63) is 23.2 Å². The first-order valence-corrected chi connectivity index (χ1v) is 5.98. The summed E-state index contributed by atoms with van der Waals surface area (Å²) in [5.41, 5.74) is 7.42. The van der Waals surface area contributed by atoms with Crippen LogP contribution in [0.5, 0.6) is 0 Å². The minimum absolute atomic E-state index is 0.106. The second-order valence-corrected chi connectivity index (χ2v) is 4.15. The summed E-state index contributed by atoms with van der Waals surface area (Å²) in [5.74, 6) is 0. The number of unbranched alkanes of at least 4 members (excludes halogenated alkanes) is 1. The van der Waals surface area contributed by atoms with Crippen LogP contribution in [0.2, 0.25) is 5.02 Å². The minimum atomic E-state index is 0.106. The molecule has 0 spiro atoms. The van der Waals surface area contributed by atoms with Gasteiger partial charge >= 0.3 is 0 Å². The lowest BCUT2D eigenvalue weighted by atomic mass is 10.2. The molecular formula is C12H19ClN2O. The summed E-state index contributed by atoms with van der Waals surface area (Å²) in [7, 11) is 0. The fourth-order valence-corrected chi connectivity index (χ4v) is 1.97. The Morgan fingerprint density at radius 3 is 2.69 bits per heavy atom. The number of nitrogens with two attached hydrogens (primary N) is 1. The Morgan fingerprint density at radius 2 is 2.12 bits per heavy atom. The second kappa shape index (κ2) is 6.61. The van der Waals surface area contributed by atoms with Gasteiger partial charge in [0.25, 0.3) is 0 Å². The van der Waals surface area contributed by atoms with Crippen molar-refractivity contribution in [1.82, 2.24) is 0 Å². The molecule has 0 aliphatic carbocycles. The van der Waals surface area contributed by atoms with Gasteiger partial charge in [-0.2, -0.15) is 0 Å². The quantitative estimate of drug-likeness (QED) is 0.754. The molecule has 0 saturated carbocycles. The number of aliphatic hydroxyl groups excluding tert-OH is 1. The van der Waals surface area contributed by atoms with Crippen LogP contribution in [0.15, 0.2) is 18.2 Å². The number of aliphatic hydroxyl groups is 1. The van der Waals surface area contributed by atoms with E-state index in [0.29, 0.717) is 17.3 Å². The van der Waals surface area contributed by atoms with Crippen LogP contribution >= 0.6 is 11.6 Å². The molecule has 1 rings (SSSR count). The Hall–Kier alpha value is -0.930. The molecule has 0 aliphatic rings. The van der Waals surface area contributed by atoms with E-state index < -0.39 is 0 Å². The first-order valence-electron chi connectivity index (χ1n) is 5.60. The zero-order chi connectivity index (χ0) is 12.0. The lowest BCUT2D eigenvalue weighted by Crippen LogP contribution is -2.28. The van der Waals surface area contributed by atoms with Crippen LogP contribution in [0, 0.1) is 0 Å². The Labute approximate surface area is 102 Å². The highest BCUT2D eigenvalue weighted by Gasteiger charge is 2.12. The molecule has 3 N–H and O–H groups in total. The summed E-state index contributed by atoms with van der Waals surface area (Å²) < 4.78 is 0. The Morgan fingerprint density at radius 1 is 1.38 bits per heavy atom. The lowest BCUT2D eigenvalue weighted by Gasteiger charge is -2.26. The standard InChI is InChI=1S/C12H19ClN2O/c1-2-3-7-15(8-9-16)12-10(13)5-4-6-11(12)14/h4-6,16H,2-3,7-9,14H2,1H3. The van der Waals surface area contributed by atoms with Crippen molar-refractivity contribution >= 4 is 23.0 Å². The van der Waals surface area contributed by atoms with Crippen LogP contribution in [0.3, 0.4) is 0 Å². The third kappa shape index (κ3) is 3.29. The molecule has 0 bridgehead atoms. The SMILES string of the molecule is CCCCN(CCO)c1c(N)cccc1Cl. The summed E-state index contributed by atoms with van der Waals surface area (Å²) in [6.45, 7) is 3.67. The van der Waals surface area contributed by atoms with E-state index in [1.54, 1.807) is 0 Å². The van der Waals surface area contributed by atoms with Gasteiger partial charge in [-0.1, -0.05) is 31.0 Å². The first kappa shape index (κ1) is 13.1. The van der Waals surface area contributed by atoms with Gasteiger partial charge in [0, 0.05) is 13.1 Å². The lowest BCUT2D eigenvalue weighted by molar-refractivity contribution is 0.301. The highest BCUT2D eigenvalue weighted by molar-refractivity contribution is 6.34. The molecule has 0 unspecified atom stereocenters. The minimum Gasteiger partial charge on any atom is -0.397 e. The van der Waals surface area contributed by atoms with E-state index in [0.717, 1.165) is 25.1 Å². The number of halogens is 1. The monoisotopic (exact) mass is 242 g/mol. The molecule has 90 valence electrons. The van der Waals surface area contributed by atoms with Crippen LogP contribution in [0.4, 0.5) is 11.4 Å². The summed E-state index contributed by atoms with van der Waals surface area (Å²) >= 11 is 6.14. The van der Waals surface area contributed by atoms with Crippen LogP contribution < -0.4 is 10.6 Å². The van der Waals surface area contributed by atoms with Crippen LogP contribution in [-0.2, 0) is 0 Å². The molecule has 0 heterocycles. The van der Waals surface area contributed by atoms with Crippen molar-refractivity contribution in [3.63, 3.8) is 0 Å². The Kier molecular flexibility index (Phi) is 5.43. The molecule has 0 saturated heterocycles. The van der Waals surface area contributed by atoms with Crippen LogP contribution in [0.25, 0.3) is 0 Å². The van der Waals surface area contributed by atoms with Gasteiger partial charge in [-0.15, -0.1) is 0 Å². The number of anilines is 2. The molecule has 0 aromatic heterocycles. The highest BCUT2D eigenvalue weighted by atomic mass is 35.5. The predicted octanol–water partition coefficient (Wildman–Crippen LogP) is 2.52. The van der Waals surface area contributed by atoms with E-state index in [2.05, 4.69) is 6.92 Å². The predicted molar refractivity (Wildman–Crippen MR) is 70.1 cm³/mol. The van der Waals surface area contributed by atoms with Gasteiger partial charge in [0.2, 0.25) is 0 Å². The van der Waals surface area contributed by atoms with E-state index in [1.807, 2.05) is 23.1 Å². The van der Waals surface area contributed by atoms with E-state index in [-0.39, 0.29) is 6.61 Å². The summed E-state index contributed by atoms with van der Waals surface area (Å²) in [6.07, 6.45) is 2.16. The Balaban J connectivity index is 2.90. The Bertz CT molecular complexity index is 311. The van der Waals surface area contributed by atoms with Gasteiger partial charge in [-0.05, 0) is 18.6 Å². The highest BCUT2D eigenvalue weighted by Crippen LogP contribution is 2.31. The molecule has 0 aliphatic heterocycles. The average Bonchev–Trinajstić information content (AvgIpc) is 2.25. The van der Waals surface area contributed by atoms with Crippen molar-refractivity contribution in [2.24, 2.45) is 0 Å². The average molecular weight is 243 g/mol. The van der Waals surface area contributed by atoms with Gasteiger partial charge < -0.3 is 15.7 Å². The number of benzene rings is 1. The van der Waals surface area contributed by atoms with E-state index in [4.69, 9.17) is 22.4 Å². The topological polar surface area (TPSA) is 49.5 Å². The summed E-state index contributed by atoms with van der Waals surface area (Å²) in [6, 6.07) is 5.49. The fourth-order valence-electron chi connectivity index (χ4n) is 1.67. The summed E-state index contributed by atoms with van der Waals surface area (Å²) in [5, 5.41) is 9.70. The normalized spacial score (nSPS) is 10.4. The molecule has 16 heavy (non-hydrogen) atoms. The maximum atomic E-state index is 9.05. The number of rotatable bonds is 6. The number of hydrogen-bond acceptors (Lipinski definition) is 3. The van der Waals surface area contributed by atoms with Crippen molar-refractivity contribution in [3.8, 4) is 0 Å². The summed E-state index contributed by atoms with van der Waals surface area (Å²) in [4.78, 5) is 2.04. The molecular weight excluding hydrogens is 224 g/mol. The largest absolute Gasteiger partial charge is 0.397 e.